The molecule has 1 N–H and O–H groups in total. The van der Waals surface area contributed by atoms with Crippen molar-refractivity contribution < 1.29 is 4.79 Å². The fourth-order valence-corrected chi connectivity index (χ4v) is 4.16. The van der Waals surface area contributed by atoms with Crippen molar-refractivity contribution in [3.05, 3.63) is 30.1 Å². The molecule has 25 heavy (non-hydrogen) atoms. The van der Waals surface area contributed by atoms with Crippen LogP contribution in [0.15, 0.2) is 24.3 Å². The zero-order valence-corrected chi connectivity index (χ0v) is 14.9. The van der Waals surface area contributed by atoms with Gasteiger partial charge in [0.05, 0.1) is 17.6 Å². The predicted octanol–water partition coefficient (Wildman–Crippen LogP) is 2.83. The number of amides is 1. The molecule has 0 saturated carbocycles. The SMILES string of the molecule is O=C(CN1CCC(Cc2nc3ccccc3[nH]2)CC1)N1CCCCC1. The summed E-state index contributed by atoms with van der Waals surface area (Å²) in [6, 6.07) is 8.22. The highest BCUT2D eigenvalue weighted by molar-refractivity contribution is 5.78. The van der Waals surface area contributed by atoms with E-state index >= 15 is 0 Å². The van der Waals surface area contributed by atoms with Crippen LogP contribution in [0.3, 0.4) is 0 Å². The highest BCUT2D eigenvalue weighted by Gasteiger charge is 2.24. The van der Waals surface area contributed by atoms with Crippen molar-refractivity contribution >= 4 is 16.9 Å². The molecule has 2 fully saturated rings. The first-order chi connectivity index (χ1) is 12.3. The van der Waals surface area contributed by atoms with Crippen LogP contribution in [0, 0.1) is 5.92 Å². The number of carbonyl (C=O) groups excluding carboxylic acids is 1. The van der Waals surface area contributed by atoms with Crippen molar-refractivity contribution in [2.75, 3.05) is 32.7 Å². The van der Waals surface area contributed by atoms with Crippen molar-refractivity contribution in [3.63, 3.8) is 0 Å². The molecule has 5 nitrogen and oxygen atoms in total. The molecule has 2 aromatic rings. The first kappa shape index (κ1) is 16.6. The van der Waals surface area contributed by atoms with Gasteiger partial charge in [-0.25, -0.2) is 4.98 Å². The molecule has 0 radical (unpaired) electrons. The molecular weight excluding hydrogens is 312 g/mol. The largest absolute Gasteiger partial charge is 0.342 e. The Hall–Kier alpha value is -1.88. The lowest BCUT2D eigenvalue weighted by atomic mass is 9.93. The normalized spacial score (nSPS) is 20.2. The van der Waals surface area contributed by atoms with E-state index in [2.05, 4.69) is 26.9 Å². The van der Waals surface area contributed by atoms with E-state index in [0.717, 1.165) is 62.3 Å². The lowest BCUT2D eigenvalue weighted by Crippen LogP contribution is -2.45. The Morgan fingerprint density at radius 2 is 1.84 bits per heavy atom. The van der Waals surface area contributed by atoms with Crippen molar-refractivity contribution in [2.45, 2.75) is 38.5 Å². The summed E-state index contributed by atoms with van der Waals surface area (Å²) < 4.78 is 0. The summed E-state index contributed by atoms with van der Waals surface area (Å²) in [4.78, 5) is 25.0. The molecule has 0 aliphatic carbocycles. The van der Waals surface area contributed by atoms with Gasteiger partial charge in [0.25, 0.3) is 0 Å². The van der Waals surface area contributed by atoms with Crippen LogP contribution in [0.4, 0.5) is 0 Å². The number of imidazole rings is 1. The van der Waals surface area contributed by atoms with Gasteiger partial charge in [-0.05, 0) is 63.2 Å². The van der Waals surface area contributed by atoms with Crippen LogP contribution in [-0.4, -0.2) is 58.4 Å². The number of para-hydroxylation sites is 2. The quantitative estimate of drug-likeness (QED) is 0.931. The molecule has 1 amide bonds. The summed E-state index contributed by atoms with van der Waals surface area (Å²) in [5, 5.41) is 0. The molecule has 4 rings (SSSR count). The fraction of sp³-hybridized carbons (Fsp3) is 0.600. The van der Waals surface area contributed by atoms with Crippen LogP contribution in [0.2, 0.25) is 0 Å². The maximum absolute atomic E-state index is 12.4. The Labute approximate surface area is 149 Å². The number of piperidine rings is 2. The van der Waals surface area contributed by atoms with Crippen molar-refractivity contribution in [1.29, 1.82) is 0 Å². The van der Waals surface area contributed by atoms with Gasteiger partial charge >= 0.3 is 0 Å². The van der Waals surface area contributed by atoms with E-state index in [1.807, 2.05) is 12.1 Å². The van der Waals surface area contributed by atoms with Crippen molar-refractivity contribution in [1.82, 2.24) is 19.8 Å². The van der Waals surface area contributed by atoms with Gasteiger partial charge in [-0.1, -0.05) is 12.1 Å². The number of hydrogen-bond donors (Lipinski definition) is 1. The maximum Gasteiger partial charge on any atom is 0.236 e. The zero-order chi connectivity index (χ0) is 17.1. The lowest BCUT2D eigenvalue weighted by molar-refractivity contribution is -0.133. The Morgan fingerprint density at radius 1 is 1.08 bits per heavy atom. The minimum Gasteiger partial charge on any atom is -0.342 e. The summed E-state index contributed by atoms with van der Waals surface area (Å²) in [6.07, 6.45) is 6.95. The van der Waals surface area contributed by atoms with Crippen LogP contribution in [0.5, 0.6) is 0 Å². The second kappa shape index (κ2) is 7.56. The van der Waals surface area contributed by atoms with Crippen LogP contribution in [-0.2, 0) is 11.2 Å². The van der Waals surface area contributed by atoms with Crippen molar-refractivity contribution in [3.8, 4) is 0 Å². The van der Waals surface area contributed by atoms with E-state index in [4.69, 9.17) is 4.98 Å². The highest BCUT2D eigenvalue weighted by Crippen LogP contribution is 2.22. The molecule has 0 unspecified atom stereocenters. The standard InChI is InChI=1S/C20H28N4O/c25-20(24-10-4-1-5-11-24)15-23-12-8-16(9-13-23)14-19-21-17-6-2-3-7-18(17)22-19/h2-3,6-7,16H,1,4-5,8-15H2,(H,21,22). The number of benzene rings is 1. The maximum atomic E-state index is 12.4. The first-order valence-corrected chi connectivity index (χ1v) is 9.72. The highest BCUT2D eigenvalue weighted by atomic mass is 16.2. The molecule has 134 valence electrons. The van der Waals surface area contributed by atoms with Crippen molar-refractivity contribution in [2.24, 2.45) is 5.92 Å². The van der Waals surface area contributed by atoms with Crippen LogP contribution < -0.4 is 0 Å². The Bertz CT molecular complexity index is 678. The van der Waals surface area contributed by atoms with E-state index in [9.17, 15) is 4.79 Å². The molecule has 0 spiro atoms. The third kappa shape index (κ3) is 4.03. The number of H-pyrrole nitrogens is 1. The van der Waals surface area contributed by atoms with Crippen LogP contribution >= 0.6 is 0 Å². The fourth-order valence-electron chi connectivity index (χ4n) is 4.16. The summed E-state index contributed by atoms with van der Waals surface area (Å²) >= 11 is 0. The number of aromatic nitrogens is 2. The molecule has 0 atom stereocenters. The number of carbonyl (C=O) groups is 1. The minimum absolute atomic E-state index is 0.329. The average Bonchev–Trinajstić information content (AvgIpc) is 3.06. The third-order valence-corrected chi connectivity index (χ3v) is 5.70. The van der Waals surface area contributed by atoms with Crippen LogP contribution in [0.1, 0.15) is 37.9 Å². The second-order valence-electron chi connectivity index (χ2n) is 7.57. The van der Waals surface area contributed by atoms with E-state index in [-0.39, 0.29) is 0 Å². The van der Waals surface area contributed by atoms with E-state index < -0.39 is 0 Å². The molecule has 5 heteroatoms. The number of nitrogens with zero attached hydrogens (tertiary/aromatic N) is 3. The summed E-state index contributed by atoms with van der Waals surface area (Å²) in [6.45, 7) is 4.59. The predicted molar refractivity (Wildman–Crippen MR) is 99.4 cm³/mol. The molecule has 0 bridgehead atoms. The molecule has 1 aromatic heterocycles. The molecule has 3 heterocycles. The zero-order valence-electron chi connectivity index (χ0n) is 14.9. The number of rotatable bonds is 4. The van der Waals surface area contributed by atoms with Gasteiger partial charge < -0.3 is 9.88 Å². The topological polar surface area (TPSA) is 52.2 Å². The van der Waals surface area contributed by atoms with Crippen LogP contribution in [0.25, 0.3) is 11.0 Å². The average molecular weight is 340 g/mol. The lowest BCUT2D eigenvalue weighted by Gasteiger charge is -2.34. The monoisotopic (exact) mass is 340 g/mol. The number of fused-ring (bicyclic) bond motifs is 1. The Morgan fingerprint density at radius 3 is 2.60 bits per heavy atom. The second-order valence-corrected chi connectivity index (χ2v) is 7.57. The summed E-state index contributed by atoms with van der Waals surface area (Å²) in [5.74, 6) is 2.10. The van der Waals surface area contributed by atoms with E-state index in [1.54, 1.807) is 0 Å². The number of aromatic amines is 1. The molecule has 2 saturated heterocycles. The molecule has 2 aliphatic heterocycles. The van der Waals surface area contributed by atoms with Gasteiger partial charge in [0.1, 0.15) is 5.82 Å². The van der Waals surface area contributed by atoms with Gasteiger partial charge in [0.2, 0.25) is 5.91 Å². The molecule has 2 aliphatic rings. The molecule has 1 aromatic carbocycles. The number of hydrogen-bond acceptors (Lipinski definition) is 3. The van der Waals surface area contributed by atoms with Gasteiger partial charge in [-0.15, -0.1) is 0 Å². The number of nitrogens with one attached hydrogen (secondary N) is 1. The van der Waals surface area contributed by atoms with Gasteiger partial charge in [-0.2, -0.15) is 0 Å². The minimum atomic E-state index is 0.329. The smallest absolute Gasteiger partial charge is 0.236 e. The van der Waals surface area contributed by atoms with Gasteiger partial charge in [-0.3, -0.25) is 9.69 Å². The summed E-state index contributed by atoms with van der Waals surface area (Å²) in [5.41, 5.74) is 2.18. The third-order valence-electron chi connectivity index (χ3n) is 5.70. The van der Waals surface area contributed by atoms with E-state index in [1.165, 1.54) is 19.3 Å². The van der Waals surface area contributed by atoms with E-state index in [0.29, 0.717) is 18.4 Å². The van der Waals surface area contributed by atoms with Gasteiger partial charge in [0.15, 0.2) is 0 Å². The first-order valence-electron chi connectivity index (χ1n) is 9.72. The van der Waals surface area contributed by atoms with Gasteiger partial charge in [0, 0.05) is 19.5 Å². The molecular formula is C20H28N4O. The Balaban J connectivity index is 1.25. The number of likely N-dealkylation sites (tertiary alicyclic amines) is 2. The summed E-state index contributed by atoms with van der Waals surface area (Å²) in [7, 11) is 0. The Kier molecular flexibility index (Phi) is 5.02.